The molecule has 6 heteroatoms. The Morgan fingerprint density at radius 2 is 1.42 bits per heavy atom. The van der Waals surface area contributed by atoms with Crippen molar-refractivity contribution in [3.63, 3.8) is 0 Å². The average molecular weight is 364 g/mol. The van der Waals surface area contributed by atoms with Gasteiger partial charge in [0.1, 0.15) is 0 Å². The van der Waals surface area contributed by atoms with Gasteiger partial charge in [0.05, 0.1) is 5.56 Å². The number of carbonyl (C=O) groups is 1. The fraction of sp³-hybridized carbons (Fsp3) is 0.350. The van der Waals surface area contributed by atoms with Crippen LogP contribution in [-0.2, 0) is 17.5 Å². The third-order valence-corrected chi connectivity index (χ3v) is 3.64. The molecule has 1 amide bonds. The molecule has 0 aliphatic carbocycles. The van der Waals surface area contributed by atoms with Gasteiger partial charge in [-0.05, 0) is 47.4 Å². The van der Waals surface area contributed by atoms with Crippen LogP contribution in [0.2, 0.25) is 0 Å². The van der Waals surface area contributed by atoms with E-state index in [9.17, 15) is 18.0 Å². The Morgan fingerprint density at radius 3 is 1.92 bits per heavy atom. The quantitative estimate of drug-likeness (QED) is 0.715. The van der Waals surface area contributed by atoms with Crippen LogP contribution >= 0.6 is 0 Å². The van der Waals surface area contributed by atoms with Crippen LogP contribution in [0.25, 0.3) is 0 Å². The summed E-state index contributed by atoms with van der Waals surface area (Å²) in [6.45, 7) is 6.41. The van der Waals surface area contributed by atoms with Gasteiger partial charge in [0.25, 0.3) is 0 Å². The molecule has 26 heavy (non-hydrogen) atoms. The molecule has 0 unspecified atom stereocenters. The van der Waals surface area contributed by atoms with Crippen molar-refractivity contribution >= 4 is 17.3 Å². The zero-order valence-electron chi connectivity index (χ0n) is 15.1. The summed E-state index contributed by atoms with van der Waals surface area (Å²) in [5.41, 5.74) is 1.54. The summed E-state index contributed by atoms with van der Waals surface area (Å²) in [5, 5.41) is 5.99. The number of benzene rings is 2. The Bertz CT molecular complexity index is 730. The van der Waals surface area contributed by atoms with Crippen LogP contribution in [0, 0.1) is 5.41 Å². The molecule has 2 aromatic carbocycles. The number of nitrogens with one attached hydrogen (secondary N) is 2. The van der Waals surface area contributed by atoms with Crippen molar-refractivity contribution in [3.05, 3.63) is 59.7 Å². The van der Waals surface area contributed by atoms with Crippen LogP contribution < -0.4 is 10.6 Å². The van der Waals surface area contributed by atoms with Gasteiger partial charge in [0.2, 0.25) is 5.91 Å². The van der Waals surface area contributed by atoms with Crippen LogP contribution in [-0.4, -0.2) is 5.91 Å². The van der Waals surface area contributed by atoms with E-state index in [1.807, 2.05) is 32.9 Å². The number of anilines is 2. The van der Waals surface area contributed by atoms with E-state index in [4.69, 9.17) is 0 Å². The van der Waals surface area contributed by atoms with Gasteiger partial charge in [0.15, 0.2) is 0 Å². The summed E-state index contributed by atoms with van der Waals surface area (Å²) in [6, 6.07) is 12.3. The van der Waals surface area contributed by atoms with Crippen molar-refractivity contribution < 1.29 is 18.0 Å². The normalized spacial score (nSPS) is 11.9. The number of hydrogen-bond donors (Lipinski definition) is 2. The molecule has 3 nitrogen and oxygen atoms in total. The zero-order valence-corrected chi connectivity index (χ0v) is 15.1. The maximum absolute atomic E-state index is 12.5. The lowest BCUT2D eigenvalue weighted by Gasteiger charge is -2.17. The second-order valence-electron chi connectivity index (χ2n) is 7.41. The van der Waals surface area contributed by atoms with Crippen LogP contribution in [0.3, 0.4) is 0 Å². The molecular formula is C20H23F3N2O. The lowest BCUT2D eigenvalue weighted by molar-refractivity contribution is -0.137. The van der Waals surface area contributed by atoms with Crippen molar-refractivity contribution in [1.29, 1.82) is 0 Å². The van der Waals surface area contributed by atoms with E-state index in [0.717, 1.165) is 23.4 Å². The van der Waals surface area contributed by atoms with Gasteiger partial charge >= 0.3 is 6.18 Å². The Kier molecular flexibility index (Phi) is 5.95. The number of rotatable bonds is 5. The van der Waals surface area contributed by atoms with Crippen molar-refractivity contribution in [2.75, 3.05) is 10.6 Å². The molecule has 0 radical (unpaired) electrons. The molecular weight excluding hydrogens is 341 g/mol. The van der Waals surface area contributed by atoms with Crippen LogP contribution in [0.5, 0.6) is 0 Å². The molecule has 0 heterocycles. The maximum atomic E-state index is 12.5. The zero-order chi connectivity index (χ0) is 19.4. The summed E-state index contributed by atoms with van der Waals surface area (Å²) in [5.74, 6) is -0.0389. The van der Waals surface area contributed by atoms with E-state index in [0.29, 0.717) is 18.7 Å². The number of alkyl halides is 3. The number of hydrogen-bond acceptors (Lipinski definition) is 2. The average Bonchev–Trinajstić information content (AvgIpc) is 2.52. The summed E-state index contributed by atoms with van der Waals surface area (Å²) < 4.78 is 37.6. The minimum atomic E-state index is -4.32. The van der Waals surface area contributed by atoms with Crippen LogP contribution in [0.4, 0.5) is 24.5 Å². The highest BCUT2D eigenvalue weighted by atomic mass is 19.4. The van der Waals surface area contributed by atoms with Gasteiger partial charge in [-0.2, -0.15) is 13.2 Å². The van der Waals surface area contributed by atoms with Crippen molar-refractivity contribution in [2.24, 2.45) is 5.41 Å². The maximum Gasteiger partial charge on any atom is 0.416 e. The third-order valence-electron chi connectivity index (χ3n) is 3.64. The Labute approximate surface area is 151 Å². The molecule has 0 aromatic heterocycles. The first-order valence-electron chi connectivity index (χ1n) is 8.33. The minimum absolute atomic E-state index is 0.0389. The third kappa shape index (κ3) is 6.43. The summed E-state index contributed by atoms with van der Waals surface area (Å²) in [7, 11) is 0. The predicted molar refractivity (Wildman–Crippen MR) is 97.9 cm³/mol. The molecule has 0 saturated heterocycles. The first kappa shape index (κ1) is 19.8. The summed E-state index contributed by atoms with van der Waals surface area (Å²) >= 11 is 0. The topological polar surface area (TPSA) is 41.1 Å². The van der Waals surface area contributed by atoms with E-state index in [1.165, 1.54) is 12.1 Å². The van der Waals surface area contributed by atoms with Crippen LogP contribution in [0.1, 0.15) is 38.3 Å². The first-order valence-corrected chi connectivity index (χ1v) is 8.33. The molecule has 0 bridgehead atoms. The highest BCUT2D eigenvalue weighted by molar-refractivity contribution is 5.91. The smallest absolute Gasteiger partial charge is 0.381 e. The SMILES string of the molecule is CC(C)(C)CC(=O)Nc1ccc(NCc2ccc(C(F)(F)F)cc2)cc1. The summed E-state index contributed by atoms with van der Waals surface area (Å²) in [6.07, 6.45) is -3.89. The van der Waals surface area contributed by atoms with Gasteiger partial charge in [0, 0.05) is 24.3 Å². The van der Waals surface area contributed by atoms with Gasteiger partial charge in [-0.1, -0.05) is 32.9 Å². The van der Waals surface area contributed by atoms with Gasteiger partial charge in [-0.3, -0.25) is 4.79 Å². The number of amides is 1. The van der Waals surface area contributed by atoms with Crippen molar-refractivity contribution in [3.8, 4) is 0 Å². The van der Waals surface area contributed by atoms with Gasteiger partial charge in [-0.25, -0.2) is 0 Å². The standard InChI is InChI=1S/C20H23F3N2O/c1-19(2,3)12-18(26)25-17-10-8-16(9-11-17)24-13-14-4-6-15(7-5-14)20(21,22)23/h4-11,24H,12-13H2,1-3H3,(H,25,26). The highest BCUT2D eigenvalue weighted by Gasteiger charge is 2.29. The highest BCUT2D eigenvalue weighted by Crippen LogP contribution is 2.29. The lowest BCUT2D eigenvalue weighted by atomic mass is 9.92. The molecule has 0 atom stereocenters. The van der Waals surface area contributed by atoms with E-state index in [-0.39, 0.29) is 11.3 Å². The second kappa shape index (κ2) is 7.81. The molecule has 0 saturated carbocycles. The Morgan fingerprint density at radius 1 is 0.885 bits per heavy atom. The molecule has 2 N–H and O–H groups in total. The summed E-state index contributed by atoms with van der Waals surface area (Å²) in [4.78, 5) is 11.9. The number of halogens is 3. The predicted octanol–water partition coefficient (Wildman–Crippen LogP) is 5.69. The molecule has 140 valence electrons. The Balaban J connectivity index is 1.88. The molecule has 2 aromatic rings. The monoisotopic (exact) mass is 364 g/mol. The van der Waals surface area contributed by atoms with Gasteiger partial charge in [-0.15, -0.1) is 0 Å². The minimum Gasteiger partial charge on any atom is -0.381 e. The van der Waals surface area contributed by atoms with E-state index in [2.05, 4.69) is 10.6 Å². The van der Waals surface area contributed by atoms with E-state index >= 15 is 0 Å². The van der Waals surface area contributed by atoms with Crippen molar-refractivity contribution in [2.45, 2.75) is 39.9 Å². The lowest BCUT2D eigenvalue weighted by Crippen LogP contribution is -2.19. The fourth-order valence-corrected chi connectivity index (χ4v) is 2.37. The largest absolute Gasteiger partial charge is 0.416 e. The number of carbonyl (C=O) groups excluding carboxylic acids is 1. The van der Waals surface area contributed by atoms with Gasteiger partial charge < -0.3 is 10.6 Å². The van der Waals surface area contributed by atoms with Crippen molar-refractivity contribution in [1.82, 2.24) is 0 Å². The van der Waals surface area contributed by atoms with Crippen LogP contribution in [0.15, 0.2) is 48.5 Å². The molecule has 0 aliphatic heterocycles. The molecule has 2 rings (SSSR count). The molecule has 0 aliphatic rings. The second-order valence-corrected chi connectivity index (χ2v) is 7.41. The fourth-order valence-electron chi connectivity index (χ4n) is 2.37. The Hall–Kier alpha value is -2.50. The molecule has 0 spiro atoms. The first-order chi connectivity index (χ1) is 12.0. The van der Waals surface area contributed by atoms with E-state index < -0.39 is 11.7 Å². The van der Waals surface area contributed by atoms with E-state index in [1.54, 1.807) is 12.1 Å². The molecule has 0 fully saturated rings.